The summed E-state index contributed by atoms with van der Waals surface area (Å²) in [6.45, 7) is 6.95. The monoisotopic (exact) mass is 397 g/mol. The number of rotatable bonds is 5. The summed E-state index contributed by atoms with van der Waals surface area (Å²) >= 11 is 0. The van der Waals surface area contributed by atoms with Gasteiger partial charge >= 0.3 is 0 Å². The van der Waals surface area contributed by atoms with Gasteiger partial charge in [-0.05, 0) is 61.7 Å². The second-order valence-electron chi connectivity index (χ2n) is 7.93. The first-order valence-corrected chi connectivity index (χ1v) is 10.1. The van der Waals surface area contributed by atoms with Crippen molar-refractivity contribution in [2.45, 2.75) is 39.7 Å². The second kappa shape index (κ2) is 9.07. The standard InChI is InChI=1S/C23H28FN3O2/c1-15(2)22(28)25-18-9-7-17(8-10-18)23(29)26-19-5-4-12-27(14-19)21-13-16(3)6-11-20(21)24/h6-11,13,15,19H,4-5,12,14H2,1-3H3,(H,25,28)(H,26,29). The Morgan fingerprint density at radius 2 is 1.86 bits per heavy atom. The van der Waals surface area contributed by atoms with E-state index in [1.165, 1.54) is 6.07 Å². The first kappa shape index (κ1) is 20.8. The van der Waals surface area contributed by atoms with Crippen molar-refractivity contribution >= 4 is 23.2 Å². The molecule has 29 heavy (non-hydrogen) atoms. The molecule has 6 heteroatoms. The fourth-order valence-electron chi connectivity index (χ4n) is 3.44. The zero-order valence-corrected chi connectivity index (χ0v) is 17.2. The highest BCUT2D eigenvalue weighted by Crippen LogP contribution is 2.24. The Bertz CT molecular complexity index is 880. The highest BCUT2D eigenvalue weighted by atomic mass is 19.1. The van der Waals surface area contributed by atoms with Gasteiger partial charge in [-0.25, -0.2) is 4.39 Å². The fourth-order valence-corrected chi connectivity index (χ4v) is 3.44. The molecule has 2 aromatic rings. The summed E-state index contributed by atoms with van der Waals surface area (Å²) in [7, 11) is 0. The van der Waals surface area contributed by atoms with Crippen molar-refractivity contribution in [1.82, 2.24) is 5.32 Å². The molecule has 0 spiro atoms. The number of anilines is 2. The minimum atomic E-state index is -0.235. The van der Waals surface area contributed by atoms with Gasteiger partial charge in [-0.15, -0.1) is 0 Å². The predicted molar refractivity (Wildman–Crippen MR) is 114 cm³/mol. The number of piperidine rings is 1. The molecule has 2 N–H and O–H groups in total. The molecule has 0 aliphatic carbocycles. The van der Waals surface area contributed by atoms with Crippen LogP contribution in [0.15, 0.2) is 42.5 Å². The number of carbonyl (C=O) groups is 2. The molecule has 2 amide bonds. The van der Waals surface area contributed by atoms with Gasteiger partial charge in [0.05, 0.1) is 5.69 Å². The van der Waals surface area contributed by atoms with Gasteiger partial charge in [-0.1, -0.05) is 19.9 Å². The van der Waals surface area contributed by atoms with Crippen molar-refractivity contribution in [3.8, 4) is 0 Å². The highest BCUT2D eigenvalue weighted by Gasteiger charge is 2.24. The maximum atomic E-state index is 14.2. The molecule has 5 nitrogen and oxygen atoms in total. The lowest BCUT2D eigenvalue weighted by Gasteiger charge is -2.35. The van der Waals surface area contributed by atoms with Gasteiger partial charge in [-0.3, -0.25) is 9.59 Å². The Hall–Kier alpha value is -2.89. The van der Waals surface area contributed by atoms with Crippen molar-refractivity contribution in [3.05, 3.63) is 59.4 Å². The number of hydrogen-bond acceptors (Lipinski definition) is 3. The summed E-state index contributed by atoms with van der Waals surface area (Å²) in [5.74, 6) is -0.566. The SMILES string of the molecule is Cc1ccc(F)c(N2CCCC(NC(=O)c3ccc(NC(=O)C(C)C)cc3)C2)c1. The van der Waals surface area contributed by atoms with E-state index in [4.69, 9.17) is 0 Å². The Morgan fingerprint density at radius 1 is 1.14 bits per heavy atom. The third-order valence-corrected chi connectivity index (χ3v) is 5.14. The molecule has 1 aliphatic rings. The van der Waals surface area contributed by atoms with Gasteiger partial charge < -0.3 is 15.5 Å². The normalized spacial score (nSPS) is 16.6. The molecule has 3 rings (SSSR count). The average Bonchev–Trinajstić information content (AvgIpc) is 2.70. The number of amides is 2. The van der Waals surface area contributed by atoms with Crippen LogP contribution >= 0.6 is 0 Å². The number of nitrogens with zero attached hydrogens (tertiary/aromatic N) is 1. The molecule has 0 saturated carbocycles. The zero-order chi connectivity index (χ0) is 21.0. The Morgan fingerprint density at radius 3 is 2.55 bits per heavy atom. The number of nitrogens with one attached hydrogen (secondary N) is 2. The largest absolute Gasteiger partial charge is 0.367 e. The molecule has 1 unspecified atom stereocenters. The topological polar surface area (TPSA) is 61.4 Å². The van der Waals surface area contributed by atoms with Crippen molar-refractivity contribution in [2.75, 3.05) is 23.3 Å². The fraction of sp³-hybridized carbons (Fsp3) is 0.391. The molecule has 154 valence electrons. The molecule has 1 heterocycles. The van der Waals surface area contributed by atoms with Gasteiger partial charge in [0.2, 0.25) is 5.91 Å². The van der Waals surface area contributed by atoms with E-state index < -0.39 is 0 Å². The Balaban J connectivity index is 1.61. The molecule has 0 bridgehead atoms. The number of carbonyl (C=O) groups excluding carboxylic acids is 2. The predicted octanol–water partition coefficient (Wildman–Crippen LogP) is 4.13. The summed E-state index contributed by atoms with van der Waals surface area (Å²) in [5.41, 5.74) is 2.80. The van der Waals surface area contributed by atoms with Crippen molar-refractivity contribution in [2.24, 2.45) is 5.92 Å². The minimum Gasteiger partial charge on any atom is -0.367 e. The van der Waals surface area contributed by atoms with E-state index in [0.717, 1.165) is 24.9 Å². The molecule has 0 aromatic heterocycles. The van der Waals surface area contributed by atoms with E-state index in [1.807, 2.05) is 31.7 Å². The van der Waals surface area contributed by atoms with Crippen molar-refractivity contribution in [3.63, 3.8) is 0 Å². The number of halogens is 1. The van der Waals surface area contributed by atoms with E-state index in [1.54, 1.807) is 30.3 Å². The first-order valence-electron chi connectivity index (χ1n) is 10.1. The molecule has 2 aromatic carbocycles. The Labute approximate surface area is 171 Å². The zero-order valence-electron chi connectivity index (χ0n) is 17.2. The van der Waals surface area contributed by atoms with E-state index in [9.17, 15) is 14.0 Å². The van der Waals surface area contributed by atoms with Crippen LogP contribution in [0.1, 0.15) is 42.6 Å². The number of aryl methyl sites for hydroxylation is 1. The average molecular weight is 397 g/mol. The summed E-state index contributed by atoms with van der Waals surface area (Å²) in [5, 5.41) is 5.87. The van der Waals surface area contributed by atoms with E-state index in [-0.39, 0.29) is 29.6 Å². The van der Waals surface area contributed by atoms with Crippen LogP contribution in [0.2, 0.25) is 0 Å². The Kier molecular flexibility index (Phi) is 6.52. The minimum absolute atomic E-state index is 0.0449. The van der Waals surface area contributed by atoms with Crippen LogP contribution in [-0.4, -0.2) is 30.9 Å². The molecule has 1 fully saturated rings. The van der Waals surface area contributed by atoms with Gasteiger partial charge in [0.25, 0.3) is 5.91 Å². The third-order valence-electron chi connectivity index (χ3n) is 5.14. The molecular formula is C23H28FN3O2. The van der Waals surface area contributed by atoms with Gasteiger partial charge in [0.15, 0.2) is 0 Å². The van der Waals surface area contributed by atoms with Gasteiger partial charge in [-0.2, -0.15) is 0 Å². The van der Waals surface area contributed by atoms with Crippen molar-refractivity contribution < 1.29 is 14.0 Å². The van der Waals surface area contributed by atoms with Crippen LogP contribution in [0.4, 0.5) is 15.8 Å². The first-order chi connectivity index (χ1) is 13.8. The van der Waals surface area contributed by atoms with Crippen molar-refractivity contribution in [1.29, 1.82) is 0 Å². The van der Waals surface area contributed by atoms with Crippen LogP contribution in [0.25, 0.3) is 0 Å². The van der Waals surface area contributed by atoms with E-state index >= 15 is 0 Å². The van der Waals surface area contributed by atoms with E-state index in [2.05, 4.69) is 10.6 Å². The maximum absolute atomic E-state index is 14.2. The molecule has 1 saturated heterocycles. The third kappa shape index (κ3) is 5.34. The number of benzene rings is 2. The lowest BCUT2D eigenvalue weighted by molar-refractivity contribution is -0.118. The molecular weight excluding hydrogens is 369 g/mol. The van der Waals surface area contributed by atoms with Crippen LogP contribution in [0, 0.1) is 18.7 Å². The van der Waals surface area contributed by atoms with Gasteiger partial charge in [0, 0.05) is 36.3 Å². The molecule has 1 atom stereocenters. The van der Waals surface area contributed by atoms with Gasteiger partial charge in [0.1, 0.15) is 5.82 Å². The van der Waals surface area contributed by atoms with Crippen LogP contribution in [-0.2, 0) is 4.79 Å². The quantitative estimate of drug-likeness (QED) is 0.798. The van der Waals surface area contributed by atoms with E-state index in [0.29, 0.717) is 23.5 Å². The molecule has 0 radical (unpaired) electrons. The van der Waals surface area contributed by atoms with Crippen LogP contribution < -0.4 is 15.5 Å². The summed E-state index contributed by atoms with van der Waals surface area (Å²) in [6.07, 6.45) is 1.75. The van der Waals surface area contributed by atoms with Crippen LogP contribution in [0.3, 0.4) is 0 Å². The lowest BCUT2D eigenvalue weighted by atomic mass is 10.0. The lowest BCUT2D eigenvalue weighted by Crippen LogP contribution is -2.48. The maximum Gasteiger partial charge on any atom is 0.251 e. The van der Waals surface area contributed by atoms with Crippen LogP contribution in [0.5, 0.6) is 0 Å². The number of hydrogen-bond donors (Lipinski definition) is 2. The highest BCUT2D eigenvalue weighted by molar-refractivity contribution is 5.96. The summed E-state index contributed by atoms with van der Waals surface area (Å²) in [4.78, 5) is 26.4. The smallest absolute Gasteiger partial charge is 0.251 e. The second-order valence-corrected chi connectivity index (χ2v) is 7.93. The summed E-state index contributed by atoms with van der Waals surface area (Å²) in [6, 6.07) is 11.9. The molecule has 1 aliphatic heterocycles. The summed E-state index contributed by atoms with van der Waals surface area (Å²) < 4.78 is 14.2.